The van der Waals surface area contributed by atoms with Crippen molar-refractivity contribution in [3.05, 3.63) is 104 Å². The molecule has 53 heavy (non-hydrogen) atoms. The lowest BCUT2D eigenvalue weighted by Crippen LogP contribution is -2.47. The van der Waals surface area contributed by atoms with Crippen LogP contribution in [0.3, 0.4) is 0 Å². The number of anilines is 1. The topological polar surface area (TPSA) is 164 Å². The third kappa shape index (κ3) is 5.99. The van der Waals surface area contributed by atoms with E-state index in [1.807, 2.05) is 12.1 Å². The molecule has 5 aromatic rings. The van der Waals surface area contributed by atoms with Crippen LogP contribution in [0.15, 0.2) is 65.6 Å². The first-order valence-corrected chi connectivity index (χ1v) is 17.2. The summed E-state index contributed by atoms with van der Waals surface area (Å²) in [6.45, 7) is -0.135. The maximum absolute atomic E-state index is 14.3. The summed E-state index contributed by atoms with van der Waals surface area (Å²) in [5.74, 6) is -1.14. The van der Waals surface area contributed by atoms with Crippen molar-refractivity contribution < 1.29 is 37.7 Å². The van der Waals surface area contributed by atoms with Gasteiger partial charge in [-0.25, -0.2) is 4.98 Å². The molecule has 274 valence electrons. The number of carbonyl (C=O) groups excluding carboxylic acids is 2. The fraction of sp³-hybridized carbons (Fsp3) is 0.333. The van der Waals surface area contributed by atoms with E-state index < -0.39 is 41.3 Å². The van der Waals surface area contributed by atoms with Crippen molar-refractivity contribution in [3.63, 3.8) is 0 Å². The van der Waals surface area contributed by atoms with Gasteiger partial charge < -0.3 is 29.7 Å². The minimum Gasteiger partial charge on any atom is -0.505 e. The van der Waals surface area contributed by atoms with Gasteiger partial charge in [-0.3, -0.25) is 14.4 Å². The Morgan fingerprint density at radius 1 is 1.04 bits per heavy atom. The van der Waals surface area contributed by atoms with Crippen molar-refractivity contribution in [2.75, 3.05) is 25.0 Å². The number of rotatable bonds is 7. The Morgan fingerprint density at radius 2 is 1.77 bits per heavy atom. The molecule has 3 N–H and O–H groups in total. The van der Waals surface area contributed by atoms with Gasteiger partial charge in [0.05, 0.1) is 40.7 Å². The number of aliphatic hydroxyl groups is 1. The van der Waals surface area contributed by atoms with Gasteiger partial charge in [-0.05, 0) is 61.6 Å². The Bertz CT molecular complexity index is 2350. The van der Waals surface area contributed by atoms with Gasteiger partial charge in [0.15, 0.2) is 11.5 Å². The number of amides is 2. The maximum Gasteiger partial charge on any atom is 0.416 e. The summed E-state index contributed by atoms with van der Waals surface area (Å²) in [5.41, 5.74) is -0.825. The second-order valence-electron chi connectivity index (χ2n) is 13.6. The fourth-order valence-electron chi connectivity index (χ4n) is 7.24. The van der Waals surface area contributed by atoms with E-state index in [-0.39, 0.29) is 83.9 Å². The number of nitrogens with one attached hydrogen (secondary N) is 1. The van der Waals surface area contributed by atoms with Gasteiger partial charge in [0.25, 0.3) is 11.5 Å². The maximum atomic E-state index is 14.3. The standard InChI is InChI=1S/C36H31ClF3N7O6/c37-23-16-22(36(38,39)40)7-8-24(23)42-27(50)17-46-25-18-53-35(11-14-45(15-12-35)32(52)29-26(49)2-1-13-41-29)28(25)31(51)47-33(46)43-30(44-47)20-3-5-21(6-4-20)34(19-48)9-10-34/h1-8,13,16,48-49H,9-12,14-15,17-19H2,(H,42,50). The van der Waals surface area contributed by atoms with Crippen LogP contribution in [0.25, 0.3) is 17.2 Å². The van der Waals surface area contributed by atoms with Gasteiger partial charge in [-0.15, -0.1) is 5.10 Å². The van der Waals surface area contributed by atoms with Crippen molar-refractivity contribution in [1.29, 1.82) is 0 Å². The molecule has 1 aliphatic carbocycles. The number of fused-ring (bicyclic) bond motifs is 3. The smallest absolute Gasteiger partial charge is 0.416 e. The zero-order chi connectivity index (χ0) is 37.3. The number of nitrogens with zero attached hydrogens (tertiary/aromatic N) is 6. The number of piperidine rings is 1. The molecule has 5 heterocycles. The van der Waals surface area contributed by atoms with E-state index in [0.717, 1.165) is 41.1 Å². The lowest BCUT2D eigenvalue weighted by atomic mass is 9.85. The second kappa shape index (κ2) is 12.7. The highest BCUT2D eigenvalue weighted by Gasteiger charge is 2.48. The van der Waals surface area contributed by atoms with Crippen molar-refractivity contribution >= 4 is 34.9 Å². The molecule has 0 bridgehead atoms. The van der Waals surface area contributed by atoms with E-state index in [9.17, 15) is 37.8 Å². The molecule has 0 radical (unpaired) electrons. The number of carbonyl (C=O) groups is 2. The summed E-state index contributed by atoms with van der Waals surface area (Å²) in [4.78, 5) is 51.3. The first-order chi connectivity index (χ1) is 25.3. The lowest BCUT2D eigenvalue weighted by Gasteiger charge is -2.38. The van der Waals surface area contributed by atoms with E-state index in [4.69, 9.17) is 16.3 Å². The number of hydrogen-bond donors (Lipinski definition) is 3. The number of ether oxygens (including phenoxy) is 1. The van der Waals surface area contributed by atoms with Crippen LogP contribution in [0.2, 0.25) is 5.02 Å². The van der Waals surface area contributed by atoms with Crippen molar-refractivity contribution in [2.24, 2.45) is 0 Å². The number of alkyl halides is 3. The average molecular weight is 750 g/mol. The molecule has 17 heteroatoms. The molecule has 3 aromatic heterocycles. The molecular formula is C36H31ClF3N7O6. The monoisotopic (exact) mass is 749 g/mol. The van der Waals surface area contributed by atoms with E-state index >= 15 is 0 Å². The number of benzene rings is 2. The van der Waals surface area contributed by atoms with Gasteiger partial charge in [-0.2, -0.15) is 22.7 Å². The predicted molar refractivity (Wildman–Crippen MR) is 183 cm³/mol. The third-order valence-electron chi connectivity index (χ3n) is 10.4. The Kier molecular flexibility index (Phi) is 8.31. The van der Waals surface area contributed by atoms with Gasteiger partial charge in [0, 0.05) is 30.3 Å². The molecule has 3 aliphatic rings. The average Bonchev–Trinajstić information content (AvgIpc) is 3.68. The molecular weight excluding hydrogens is 719 g/mol. The number of aromatic nitrogens is 5. The molecule has 2 amide bonds. The largest absolute Gasteiger partial charge is 0.505 e. The van der Waals surface area contributed by atoms with Crippen LogP contribution in [0.5, 0.6) is 5.75 Å². The van der Waals surface area contributed by atoms with E-state index in [0.29, 0.717) is 11.3 Å². The zero-order valence-electron chi connectivity index (χ0n) is 27.9. The molecule has 0 atom stereocenters. The van der Waals surface area contributed by atoms with Gasteiger partial charge in [0.2, 0.25) is 11.7 Å². The summed E-state index contributed by atoms with van der Waals surface area (Å²) < 4.78 is 48.7. The van der Waals surface area contributed by atoms with Gasteiger partial charge in [0.1, 0.15) is 17.9 Å². The number of halogens is 4. The summed E-state index contributed by atoms with van der Waals surface area (Å²) in [6, 6.07) is 12.9. The van der Waals surface area contributed by atoms with Crippen molar-refractivity contribution in [3.8, 4) is 17.1 Å². The van der Waals surface area contributed by atoms with Crippen molar-refractivity contribution in [1.82, 2.24) is 29.0 Å². The van der Waals surface area contributed by atoms with Gasteiger partial charge in [-0.1, -0.05) is 35.9 Å². The van der Waals surface area contributed by atoms with Crippen molar-refractivity contribution in [2.45, 2.75) is 56.0 Å². The third-order valence-corrected chi connectivity index (χ3v) is 10.7. The van der Waals surface area contributed by atoms with Crippen LogP contribution >= 0.6 is 11.6 Å². The summed E-state index contributed by atoms with van der Waals surface area (Å²) in [6.07, 6.45) is -1.04. The molecule has 1 saturated carbocycles. The summed E-state index contributed by atoms with van der Waals surface area (Å²) >= 11 is 6.13. The van der Waals surface area contributed by atoms with Crippen LogP contribution in [-0.2, 0) is 39.9 Å². The first-order valence-electron chi connectivity index (χ1n) is 16.8. The Hall–Kier alpha value is -5.32. The first kappa shape index (κ1) is 34.7. The fourth-order valence-corrected chi connectivity index (χ4v) is 7.47. The molecule has 2 fully saturated rings. The number of pyridine rings is 1. The van der Waals surface area contributed by atoms with Crippen LogP contribution in [-0.4, -0.2) is 70.8 Å². The zero-order valence-corrected chi connectivity index (χ0v) is 28.6. The Morgan fingerprint density at radius 3 is 2.42 bits per heavy atom. The quantitative estimate of drug-likeness (QED) is 0.215. The minimum atomic E-state index is -4.63. The molecule has 1 saturated heterocycles. The minimum absolute atomic E-state index is 0.0329. The highest BCUT2D eigenvalue weighted by Crippen LogP contribution is 2.48. The summed E-state index contributed by atoms with van der Waals surface area (Å²) in [7, 11) is 0. The molecule has 13 nitrogen and oxygen atoms in total. The molecule has 1 spiro atoms. The molecule has 2 aromatic carbocycles. The number of hydrogen-bond acceptors (Lipinski definition) is 9. The van der Waals surface area contributed by atoms with Crippen LogP contribution in [0, 0.1) is 0 Å². The molecule has 2 aliphatic heterocycles. The second-order valence-corrected chi connectivity index (χ2v) is 14.0. The number of aromatic hydroxyl groups is 1. The van der Waals surface area contributed by atoms with E-state index in [1.54, 1.807) is 12.1 Å². The molecule has 0 unspecified atom stereocenters. The Balaban J connectivity index is 1.15. The number of aliphatic hydroxyl groups excluding tert-OH is 1. The molecule has 8 rings (SSSR count). The predicted octanol–water partition coefficient (Wildman–Crippen LogP) is 4.66. The van der Waals surface area contributed by atoms with E-state index in [1.165, 1.54) is 27.8 Å². The summed E-state index contributed by atoms with van der Waals surface area (Å²) in [5, 5.41) is 26.9. The Labute approximate surface area is 303 Å². The number of likely N-dealkylation sites (tertiary alicyclic amines) is 1. The highest BCUT2D eigenvalue weighted by molar-refractivity contribution is 6.33. The SMILES string of the molecule is O=C(Cn1c2c(c(=O)n3nc(-c4ccc(C5(CO)CC5)cc4)nc13)C1(CCN(C(=O)c3ncccc3O)CC1)OC2)Nc1ccc(C(F)(F)F)cc1Cl. The lowest BCUT2D eigenvalue weighted by molar-refractivity contribution is -0.137. The highest BCUT2D eigenvalue weighted by atomic mass is 35.5. The van der Waals surface area contributed by atoms with Crippen LogP contribution < -0.4 is 10.9 Å². The van der Waals surface area contributed by atoms with Crippen LogP contribution in [0.1, 0.15) is 58.6 Å². The van der Waals surface area contributed by atoms with E-state index in [2.05, 4.69) is 20.4 Å². The van der Waals surface area contributed by atoms with Gasteiger partial charge >= 0.3 is 6.18 Å². The van der Waals surface area contributed by atoms with Crippen LogP contribution in [0.4, 0.5) is 18.9 Å². The normalized spacial score (nSPS) is 17.3.